The molecule has 0 aliphatic carbocycles. The molecule has 1 aromatic rings. The number of carboxylic acids is 1. The van der Waals surface area contributed by atoms with Gasteiger partial charge in [-0.25, -0.2) is 12.8 Å². The van der Waals surface area contributed by atoms with Gasteiger partial charge in [0.25, 0.3) is 0 Å². The van der Waals surface area contributed by atoms with E-state index in [0.29, 0.717) is 6.42 Å². The molecule has 9 heteroatoms. The third-order valence-electron chi connectivity index (χ3n) is 3.12. The van der Waals surface area contributed by atoms with Crippen LogP contribution in [0.25, 0.3) is 0 Å². The first-order chi connectivity index (χ1) is 9.78. The first-order valence-corrected chi connectivity index (χ1v) is 8.98. The van der Waals surface area contributed by atoms with Crippen LogP contribution < -0.4 is 0 Å². The molecule has 2 rings (SSSR count). The number of thioether (sulfide) groups is 1. The molecule has 5 nitrogen and oxygen atoms in total. The Balaban J connectivity index is 2.54. The van der Waals surface area contributed by atoms with Gasteiger partial charge in [0.2, 0.25) is 10.0 Å². The number of hydrogen-bond acceptors (Lipinski definition) is 4. The van der Waals surface area contributed by atoms with Crippen molar-refractivity contribution in [2.45, 2.75) is 29.7 Å². The van der Waals surface area contributed by atoms with Crippen molar-refractivity contribution in [1.82, 2.24) is 4.31 Å². The van der Waals surface area contributed by atoms with E-state index >= 15 is 0 Å². The van der Waals surface area contributed by atoms with Crippen molar-refractivity contribution in [3.05, 3.63) is 29.0 Å². The highest BCUT2D eigenvalue weighted by atomic mass is 35.5. The van der Waals surface area contributed by atoms with E-state index < -0.39 is 38.1 Å². The maximum Gasteiger partial charge on any atom is 0.322 e. The van der Waals surface area contributed by atoms with Crippen molar-refractivity contribution in [1.29, 1.82) is 0 Å². The van der Waals surface area contributed by atoms with Crippen LogP contribution in [0.3, 0.4) is 0 Å². The number of sulfonamides is 1. The van der Waals surface area contributed by atoms with Gasteiger partial charge in [-0.3, -0.25) is 4.79 Å². The lowest BCUT2D eigenvalue weighted by Crippen LogP contribution is -2.45. The van der Waals surface area contributed by atoms with Crippen LogP contribution in [0.5, 0.6) is 0 Å². The van der Waals surface area contributed by atoms with Gasteiger partial charge in [-0.2, -0.15) is 4.31 Å². The van der Waals surface area contributed by atoms with Crippen LogP contribution >= 0.6 is 23.4 Å². The molecular weight excluding hydrogens is 341 g/mol. The van der Waals surface area contributed by atoms with Crippen LogP contribution in [-0.2, 0) is 14.8 Å². The predicted molar refractivity (Wildman–Crippen MR) is 78.4 cm³/mol. The molecule has 0 amide bonds. The summed E-state index contributed by atoms with van der Waals surface area (Å²) in [5.41, 5.74) is 0. The van der Waals surface area contributed by atoms with E-state index in [9.17, 15) is 22.7 Å². The number of benzene rings is 1. The zero-order chi connectivity index (χ0) is 15.8. The van der Waals surface area contributed by atoms with E-state index in [2.05, 4.69) is 0 Å². The Bertz CT molecular complexity index is 667. The van der Waals surface area contributed by atoms with Gasteiger partial charge in [0.1, 0.15) is 16.8 Å². The van der Waals surface area contributed by atoms with Gasteiger partial charge in [-0.05, 0) is 24.6 Å². The maximum atomic E-state index is 13.3. The molecule has 0 radical (unpaired) electrons. The molecule has 0 saturated carbocycles. The van der Waals surface area contributed by atoms with Gasteiger partial charge in [0, 0.05) is 5.75 Å². The molecular formula is C12H13ClFNO4S2. The van der Waals surface area contributed by atoms with E-state index in [1.165, 1.54) is 11.8 Å². The summed E-state index contributed by atoms with van der Waals surface area (Å²) in [6, 6.07) is 1.83. The molecule has 0 bridgehead atoms. The van der Waals surface area contributed by atoms with Gasteiger partial charge in [0.05, 0.1) is 10.4 Å². The summed E-state index contributed by atoms with van der Waals surface area (Å²) in [5, 5.41) is 8.57. The molecule has 1 fully saturated rings. The Hall–Kier alpha value is -0.830. The maximum absolute atomic E-state index is 13.3. The minimum absolute atomic E-state index is 0.132. The summed E-state index contributed by atoms with van der Waals surface area (Å²) in [7, 11) is -4.19. The van der Waals surface area contributed by atoms with E-state index in [1.807, 2.05) is 0 Å². The number of aliphatic carboxylic acids is 1. The summed E-state index contributed by atoms with van der Waals surface area (Å²) in [5.74, 6) is -1.82. The smallest absolute Gasteiger partial charge is 0.322 e. The van der Waals surface area contributed by atoms with Gasteiger partial charge >= 0.3 is 5.97 Å². The second kappa shape index (κ2) is 6.12. The molecule has 1 aliphatic rings. The number of carboxylic acid groups (broad SMARTS) is 1. The highest BCUT2D eigenvalue weighted by Crippen LogP contribution is 2.38. The standard InChI is InChI=1S/C12H13ClFNO4S2/c1-2-11-15(9(6-20-11)12(16)17)21(18,19)10-5-7(14)3-4-8(10)13/h3-5,9,11H,2,6H2,1H3,(H,16,17). The molecule has 116 valence electrons. The van der Waals surface area contributed by atoms with Crippen molar-refractivity contribution in [3.8, 4) is 0 Å². The van der Waals surface area contributed by atoms with E-state index in [-0.39, 0.29) is 10.8 Å². The Morgan fingerprint density at radius 3 is 2.81 bits per heavy atom. The minimum Gasteiger partial charge on any atom is -0.480 e. The molecule has 0 spiro atoms. The number of hydrogen-bond donors (Lipinski definition) is 1. The fourth-order valence-electron chi connectivity index (χ4n) is 2.14. The Labute approximate surface area is 131 Å². The summed E-state index contributed by atoms with van der Waals surface area (Å²) >= 11 is 7.10. The Kier molecular flexibility index (Phi) is 4.82. The first-order valence-electron chi connectivity index (χ1n) is 6.12. The van der Waals surface area contributed by atoms with Crippen molar-refractivity contribution in [2.75, 3.05) is 5.75 Å². The van der Waals surface area contributed by atoms with Gasteiger partial charge < -0.3 is 5.11 Å². The van der Waals surface area contributed by atoms with Crippen LogP contribution in [0.2, 0.25) is 5.02 Å². The fourth-order valence-corrected chi connectivity index (χ4v) is 6.16. The lowest BCUT2D eigenvalue weighted by Gasteiger charge is -2.26. The highest BCUT2D eigenvalue weighted by molar-refractivity contribution is 8.01. The second-order valence-electron chi connectivity index (χ2n) is 4.46. The van der Waals surface area contributed by atoms with E-state index in [1.54, 1.807) is 6.92 Å². The SMILES string of the molecule is CCC1SCC(C(=O)O)N1S(=O)(=O)c1cc(F)ccc1Cl. The van der Waals surface area contributed by atoms with Gasteiger partial charge in [-0.1, -0.05) is 18.5 Å². The van der Waals surface area contributed by atoms with Crippen LogP contribution in [-0.4, -0.2) is 41.0 Å². The monoisotopic (exact) mass is 353 g/mol. The first kappa shape index (κ1) is 16.5. The zero-order valence-corrected chi connectivity index (χ0v) is 13.4. The third kappa shape index (κ3) is 3.03. The topological polar surface area (TPSA) is 74.7 Å². The van der Waals surface area contributed by atoms with Crippen LogP contribution in [0.1, 0.15) is 13.3 Å². The minimum atomic E-state index is -4.19. The lowest BCUT2D eigenvalue weighted by molar-refractivity contribution is -0.140. The molecule has 1 N–H and O–H groups in total. The Morgan fingerprint density at radius 1 is 1.57 bits per heavy atom. The molecule has 1 saturated heterocycles. The molecule has 2 atom stereocenters. The summed E-state index contributed by atoms with van der Waals surface area (Å²) in [6.07, 6.45) is 0.445. The summed E-state index contributed by atoms with van der Waals surface area (Å²) in [6.45, 7) is 1.76. The van der Waals surface area contributed by atoms with Crippen molar-refractivity contribution >= 4 is 39.4 Å². The summed E-state index contributed by atoms with van der Waals surface area (Å²) in [4.78, 5) is 10.9. The largest absolute Gasteiger partial charge is 0.480 e. The molecule has 1 aliphatic heterocycles. The van der Waals surface area contributed by atoms with Crippen molar-refractivity contribution in [2.24, 2.45) is 0 Å². The quantitative estimate of drug-likeness (QED) is 0.899. The number of rotatable bonds is 4. The van der Waals surface area contributed by atoms with Crippen LogP contribution in [0.15, 0.2) is 23.1 Å². The number of nitrogens with zero attached hydrogens (tertiary/aromatic N) is 1. The normalized spacial score (nSPS) is 23.4. The van der Waals surface area contributed by atoms with Crippen molar-refractivity contribution in [3.63, 3.8) is 0 Å². The van der Waals surface area contributed by atoms with Crippen molar-refractivity contribution < 1.29 is 22.7 Å². The molecule has 2 unspecified atom stereocenters. The second-order valence-corrected chi connectivity index (χ2v) is 7.89. The van der Waals surface area contributed by atoms with Gasteiger partial charge in [-0.15, -0.1) is 11.8 Å². The average Bonchev–Trinajstić information content (AvgIpc) is 2.86. The highest BCUT2D eigenvalue weighted by Gasteiger charge is 2.46. The van der Waals surface area contributed by atoms with E-state index in [4.69, 9.17) is 11.6 Å². The third-order valence-corrected chi connectivity index (χ3v) is 7.11. The predicted octanol–water partition coefficient (Wildman–Crippen LogP) is 2.41. The molecule has 1 aromatic carbocycles. The molecule has 0 aromatic heterocycles. The fraction of sp³-hybridized carbons (Fsp3) is 0.417. The van der Waals surface area contributed by atoms with E-state index in [0.717, 1.165) is 22.5 Å². The Morgan fingerprint density at radius 2 is 2.24 bits per heavy atom. The number of carbonyl (C=O) groups is 1. The van der Waals surface area contributed by atoms with Crippen LogP contribution in [0, 0.1) is 5.82 Å². The van der Waals surface area contributed by atoms with Crippen LogP contribution in [0.4, 0.5) is 4.39 Å². The molecule has 1 heterocycles. The summed E-state index contributed by atoms with van der Waals surface area (Å²) < 4.78 is 39.6. The zero-order valence-electron chi connectivity index (χ0n) is 11.0. The number of halogens is 2. The average molecular weight is 354 g/mol. The lowest BCUT2D eigenvalue weighted by atomic mass is 10.3. The van der Waals surface area contributed by atoms with Gasteiger partial charge in [0.15, 0.2) is 0 Å². The molecule has 21 heavy (non-hydrogen) atoms.